The van der Waals surface area contributed by atoms with Gasteiger partial charge in [0.2, 0.25) is 17.7 Å². The molecule has 0 spiro atoms. The van der Waals surface area contributed by atoms with E-state index in [9.17, 15) is 59.4 Å². The van der Waals surface area contributed by atoms with Gasteiger partial charge in [0, 0.05) is 51.9 Å². The van der Waals surface area contributed by atoms with E-state index in [4.69, 9.17) is 23.8 Å². The smallest absolute Gasteiger partial charge is 0.333 e. The third-order valence-electron chi connectivity index (χ3n) is 9.84. The lowest BCUT2D eigenvalue weighted by Gasteiger charge is -2.39. The number of nitrogens with zero attached hydrogens (tertiary/aromatic N) is 2. The van der Waals surface area contributed by atoms with E-state index in [0.717, 1.165) is 0 Å². The fourth-order valence-corrected chi connectivity index (χ4v) is 6.53. The molecule has 4 rings (SSSR count). The van der Waals surface area contributed by atoms with Crippen LogP contribution in [0.15, 0.2) is 0 Å². The second-order valence-electron chi connectivity index (χ2n) is 13.8. The molecule has 54 heavy (non-hydrogen) atoms. The van der Waals surface area contributed by atoms with E-state index in [2.05, 4.69) is 10.6 Å². The first kappa shape index (κ1) is 43.3. The highest BCUT2D eigenvalue weighted by Gasteiger charge is 2.44. The van der Waals surface area contributed by atoms with Gasteiger partial charge in [0.1, 0.15) is 36.6 Å². The van der Waals surface area contributed by atoms with E-state index >= 15 is 0 Å². The highest BCUT2D eigenvalue weighted by atomic mass is 16.7. The Kier molecular flexibility index (Phi) is 16.0. The van der Waals surface area contributed by atoms with Crippen LogP contribution >= 0.6 is 0 Å². The average Bonchev–Trinajstić information content (AvgIpc) is 3.47. The van der Waals surface area contributed by atoms with Crippen molar-refractivity contribution in [2.24, 2.45) is 11.8 Å². The van der Waals surface area contributed by atoms with E-state index in [1.807, 2.05) is 0 Å². The predicted molar refractivity (Wildman–Crippen MR) is 176 cm³/mol. The van der Waals surface area contributed by atoms with E-state index in [-0.39, 0.29) is 90.2 Å². The van der Waals surface area contributed by atoms with Gasteiger partial charge in [-0.15, -0.1) is 5.06 Å². The van der Waals surface area contributed by atoms with Gasteiger partial charge in [0.15, 0.2) is 12.6 Å². The number of likely N-dealkylation sites (tertiary alicyclic amines) is 1. The number of piperidine rings is 1. The number of nitrogens with one attached hydrogen (secondary N) is 2. The minimum Gasteiger partial charge on any atom is -0.388 e. The maximum absolute atomic E-state index is 13.5. The molecule has 4 aliphatic heterocycles. The molecular formula is C33H52N4O17. The van der Waals surface area contributed by atoms with E-state index in [0.29, 0.717) is 5.06 Å². The van der Waals surface area contributed by atoms with Crippen LogP contribution in [0, 0.1) is 11.8 Å². The van der Waals surface area contributed by atoms with Gasteiger partial charge >= 0.3 is 5.97 Å². The number of ether oxygens (including phenoxy) is 4. The number of imide groups is 1. The first-order valence-corrected chi connectivity index (χ1v) is 18.1. The van der Waals surface area contributed by atoms with Crippen LogP contribution in [0.4, 0.5) is 0 Å². The minimum atomic E-state index is -1.54. The molecule has 0 bridgehead atoms. The maximum Gasteiger partial charge on any atom is 0.333 e. The Labute approximate surface area is 310 Å². The van der Waals surface area contributed by atoms with Crippen molar-refractivity contribution in [2.75, 3.05) is 39.4 Å². The zero-order valence-corrected chi connectivity index (χ0v) is 30.2. The molecule has 306 valence electrons. The number of aliphatic hydroxyl groups excluding tert-OH is 6. The molecule has 4 aliphatic rings. The van der Waals surface area contributed by atoms with Gasteiger partial charge in [-0.1, -0.05) is 0 Å². The number of hydrogen-bond acceptors (Lipinski definition) is 17. The van der Waals surface area contributed by atoms with Gasteiger partial charge in [-0.25, -0.2) is 4.79 Å². The molecule has 0 aromatic rings. The Bertz CT molecular complexity index is 1320. The predicted octanol–water partition coefficient (Wildman–Crippen LogP) is -4.46. The molecule has 0 aromatic carbocycles. The summed E-state index contributed by atoms with van der Waals surface area (Å²) in [6.07, 6.45) is -12.5. The Morgan fingerprint density at radius 1 is 0.704 bits per heavy atom. The zero-order chi connectivity index (χ0) is 39.7. The monoisotopic (exact) mass is 776 g/mol. The average molecular weight is 777 g/mol. The summed E-state index contributed by atoms with van der Waals surface area (Å²) in [5.74, 6) is -5.28. The molecule has 21 heteroatoms. The molecule has 5 amide bonds. The molecule has 21 nitrogen and oxygen atoms in total. The van der Waals surface area contributed by atoms with Crippen LogP contribution in [0.1, 0.15) is 58.8 Å². The zero-order valence-electron chi connectivity index (χ0n) is 30.2. The molecule has 0 radical (unpaired) electrons. The maximum atomic E-state index is 13.5. The molecule has 12 atom stereocenters. The van der Waals surface area contributed by atoms with Gasteiger partial charge in [0.05, 0.1) is 37.3 Å². The van der Waals surface area contributed by atoms with Crippen molar-refractivity contribution in [1.29, 1.82) is 0 Å². The van der Waals surface area contributed by atoms with E-state index in [1.54, 1.807) is 0 Å². The summed E-state index contributed by atoms with van der Waals surface area (Å²) in [6, 6.07) is 0. The van der Waals surface area contributed by atoms with E-state index < -0.39 is 103 Å². The number of carbonyl (C=O) groups excluding carboxylic acids is 6. The van der Waals surface area contributed by atoms with Crippen LogP contribution in [0.5, 0.6) is 0 Å². The molecular weight excluding hydrogens is 724 g/mol. The molecule has 8 N–H and O–H groups in total. The summed E-state index contributed by atoms with van der Waals surface area (Å²) in [5.41, 5.74) is 0. The first-order chi connectivity index (χ1) is 25.6. The van der Waals surface area contributed by atoms with E-state index in [1.165, 1.54) is 18.7 Å². The number of hydroxylamine groups is 2. The Balaban J connectivity index is 1.28. The standard InChI is InChI=1S/C33H52N4O17/c1-16-24(42)26(44)28(46)32(52-16)50-13-10-34-30(48)18-9-12-36(20(38)5-3-4-6-23(41)54-37-21(39)7-8-22(37)40)15-19(18)31(49)35-11-14-51-33-29(47)27(45)25(43)17(2)53-33/h16-19,24-29,32-33,42-47H,3-15H2,1-2H3,(H,34,48)(H,35,49)/t16-,17-,18+,19-,24+,25+,26+,27+,28-,29-,32+,33+/m0/s1. The van der Waals surface area contributed by atoms with Crippen molar-refractivity contribution < 1.29 is 83.2 Å². The third-order valence-corrected chi connectivity index (χ3v) is 9.84. The third kappa shape index (κ3) is 11.1. The minimum absolute atomic E-state index is 0.00730. The van der Waals surface area contributed by atoms with Gasteiger partial charge in [-0.2, -0.15) is 0 Å². The van der Waals surface area contributed by atoms with Crippen molar-refractivity contribution in [2.45, 2.75) is 120 Å². The summed E-state index contributed by atoms with van der Waals surface area (Å²) >= 11 is 0. The topological polar surface area (TPSA) is 300 Å². The lowest BCUT2D eigenvalue weighted by atomic mass is 9.83. The van der Waals surface area contributed by atoms with Crippen molar-refractivity contribution in [3.8, 4) is 0 Å². The van der Waals surface area contributed by atoms with Crippen molar-refractivity contribution in [1.82, 2.24) is 20.6 Å². The van der Waals surface area contributed by atoms with Crippen LogP contribution in [0.2, 0.25) is 0 Å². The van der Waals surface area contributed by atoms with Crippen LogP contribution in [-0.2, 0) is 52.6 Å². The molecule has 0 unspecified atom stereocenters. The highest BCUT2D eigenvalue weighted by molar-refractivity contribution is 6.01. The molecule has 4 saturated heterocycles. The molecule has 0 aromatic heterocycles. The van der Waals surface area contributed by atoms with Crippen LogP contribution in [0.25, 0.3) is 0 Å². The summed E-state index contributed by atoms with van der Waals surface area (Å²) in [7, 11) is 0. The number of carbonyl (C=O) groups is 6. The Morgan fingerprint density at radius 2 is 1.19 bits per heavy atom. The Morgan fingerprint density at radius 3 is 1.70 bits per heavy atom. The first-order valence-electron chi connectivity index (χ1n) is 18.1. The fraction of sp³-hybridized carbons (Fsp3) is 0.818. The summed E-state index contributed by atoms with van der Waals surface area (Å²) < 4.78 is 21.7. The number of amides is 5. The number of unbranched alkanes of at least 4 members (excludes halogenated alkanes) is 1. The number of aliphatic hydroxyl groups is 6. The summed E-state index contributed by atoms with van der Waals surface area (Å²) in [5, 5.41) is 65.9. The van der Waals surface area contributed by atoms with Gasteiger partial charge in [-0.05, 0) is 33.1 Å². The number of rotatable bonds is 16. The van der Waals surface area contributed by atoms with Gasteiger partial charge < -0.3 is 70.0 Å². The normalized spacial score (nSPS) is 34.4. The van der Waals surface area contributed by atoms with Crippen molar-refractivity contribution >= 4 is 35.5 Å². The fourth-order valence-electron chi connectivity index (χ4n) is 6.53. The molecule has 0 saturated carbocycles. The van der Waals surface area contributed by atoms with Gasteiger partial charge in [-0.3, -0.25) is 24.0 Å². The van der Waals surface area contributed by atoms with Crippen molar-refractivity contribution in [3.05, 3.63) is 0 Å². The quantitative estimate of drug-likeness (QED) is 0.0542. The van der Waals surface area contributed by atoms with Crippen LogP contribution < -0.4 is 10.6 Å². The highest BCUT2D eigenvalue weighted by Crippen LogP contribution is 2.27. The van der Waals surface area contributed by atoms with Crippen LogP contribution in [-0.4, -0.2) is 177 Å². The second kappa shape index (κ2) is 20.0. The summed E-state index contributed by atoms with van der Waals surface area (Å²) in [4.78, 5) is 81.7. The number of hydrogen-bond donors (Lipinski definition) is 8. The van der Waals surface area contributed by atoms with Crippen molar-refractivity contribution in [3.63, 3.8) is 0 Å². The van der Waals surface area contributed by atoms with Gasteiger partial charge in [0.25, 0.3) is 11.8 Å². The molecule has 0 aliphatic carbocycles. The molecule has 4 heterocycles. The molecule has 4 fully saturated rings. The lowest BCUT2D eigenvalue weighted by Crippen LogP contribution is -2.57. The second-order valence-corrected chi connectivity index (χ2v) is 13.8. The lowest BCUT2D eigenvalue weighted by molar-refractivity contribution is -0.292. The van der Waals surface area contributed by atoms with Crippen LogP contribution in [0.3, 0.4) is 0 Å². The largest absolute Gasteiger partial charge is 0.388 e. The summed E-state index contributed by atoms with van der Waals surface area (Å²) in [6.45, 7) is 2.53. The SMILES string of the molecule is C[C@@H]1O[C@@H](OCCNC(=O)[C@H]2CN(C(=O)CCCCC(=O)ON3C(=O)CCC3=O)CC[C@H]2C(=O)NCCO[C@@H]2O[C@@H](C)[C@@H](O)[C@@H](O)[C@@H]2O)[C@@H](O)[C@H](O)[C@@H]1O. The Hall–Kier alpha value is -3.38.